The van der Waals surface area contributed by atoms with E-state index in [0.717, 1.165) is 27.7 Å². The van der Waals surface area contributed by atoms with Crippen molar-refractivity contribution in [1.82, 2.24) is 0 Å². The zero-order chi connectivity index (χ0) is 39.6. The van der Waals surface area contributed by atoms with E-state index in [9.17, 15) is 28.7 Å². The molecule has 2 saturated heterocycles. The van der Waals surface area contributed by atoms with Gasteiger partial charge in [-0.2, -0.15) is 0 Å². The number of hydrogen-bond donors (Lipinski definition) is 1. The lowest BCUT2D eigenvalue weighted by atomic mass is 9.51. The molecule has 4 aliphatic rings. The molecule has 4 aromatic carbocycles. The van der Waals surface area contributed by atoms with E-state index in [2.05, 4.69) is 0 Å². The van der Waals surface area contributed by atoms with E-state index in [1.165, 1.54) is 30.2 Å². The van der Waals surface area contributed by atoms with Crippen molar-refractivity contribution in [3.63, 3.8) is 0 Å². The van der Waals surface area contributed by atoms with Crippen LogP contribution < -0.4 is 24.0 Å². The maximum Gasteiger partial charge on any atom is 0.241 e. The van der Waals surface area contributed by atoms with Crippen LogP contribution in [0, 0.1) is 34.9 Å². The van der Waals surface area contributed by atoms with Crippen molar-refractivity contribution in [1.29, 1.82) is 0 Å². The standard InChI is InChI=1S/C44H38ClFN2O8/c1-44-32(41(51)48(43(44)53)27-12-16-34(46)33(45)21-27)22-31-29(39(44)25-9-17-37(56-4)35(49)20-25)14-15-30-38(31)42(52)47(40(30)50)26-10-6-23(7-11-26)5-8-24-19-28(54-2)13-18-36(24)55-3/h5-14,16-21,30-32,38-39,49H,15,22H2,1-4H3. The van der Waals surface area contributed by atoms with Crippen LogP contribution in [-0.4, -0.2) is 50.1 Å². The molecule has 0 aromatic heterocycles. The summed E-state index contributed by atoms with van der Waals surface area (Å²) in [5.74, 6) is -4.70. The fourth-order valence-corrected chi connectivity index (χ4v) is 9.47. The number of amides is 4. The predicted molar refractivity (Wildman–Crippen MR) is 208 cm³/mol. The third-order valence-electron chi connectivity index (χ3n) is 12.0. The Labute approximate surface area is 327 Å². The lowest BCUT2D eigenvalue weighted by Crippen LogP contribution is -2.48. The highest BCUT2D eigenvalue weighted by atomic mass is 35.5. The van der Waals surface area contributed by atoms with Gasteiger partial charge in [0.25, 0.3) is 0 Å². The van der Waals surface area contributed by atoms with Gasteiger partial charge in [0.1, 0.15) is 17.3 Å². The molecule has 6 atom stereocenters. The lowest BCUT2D eigenvalue weighted by molar-refractivity contribution is -0.131. The zero-order valence-electron chi connectivity index (χ0n) is 31.0. The Morgan fingerprint density at radius 3 is 2.18 bits per heavy atom. The first-order valence-corrected chi connectivity index (χ1v) is 18.6. The van der Waals surface area contributed by atoms with Gasteiger partial charge >= 0.3 is 0 Å². The van der Waals surface area contributed by atoms with E-state index in [4.69, 9.17) is 25.8 Å². The van der Waals surface area contributed by atoms with E-state index in [1.807, 2.05) is 48.6 Å². The first-order valence-electron chi connectivity index (χ1n) is 18.2. The minimum absolute atomic E-state index is 0.127. The molecule has 1 N–H and O–H groups in total. The maximum atomic E-state index is 14.6. The molecule has 8 rings (SSSR count). The molecule has 10 nitrogen and oxygen atoms in total. The number of carbonyl (C=O) groups excluding carboxylic acids is 4. The number of hydrogen-bond acceptors (Lipinski definition) is 8. The molecule has 3 fully saturated rings. The summed E-state index contributed by atoms with van der Waals surface area (Å²) in [6.45, 7) is 1.73. The summed E-state index contributed by atoms with van der Waals surface area (Å²) in [7, 11) is 4.61. The Bertz CT molecular complexity index is 2380. The Hall–Kier alpha value is -5.94. The van der Waals surface area contributed by atoms with Crippen molar-refractivity contribution in [3.05, 3.63) is 118 Å². The lowest BCUT2D eigenvalue weighted by Gasteiger charge is -2.49. The average molecular weight is 777 g/mol. The number of phenolic OH excluding ortho intramolecular Hbond substituents is 1. The third-order valence-corrected chi connectivity index (χ3v) is 12.3. The van der Waals surface area contributed by atoms with E-state index < -0.39 is 52.6 Å². The third kappa shape index (κ3) is 5.67. The van der Waals surface area contributed by atoms with E-state index >= 15 is 0 Å². The number of imide groups is 2. The molecule has 1 saturated carbocycles. The number of phenols is 1. The van der Waals surface area contributed by atoms with Gasteiger partial charge in [-0.1, -0.05) is 53.6 Å². The van der Waals surface area contributed by atoms with Crippen LogP contribution in [0.4, 0.5) is 15.8 Å². The summed E-state index contributed by atoms with van der Waals surface area (Å²) in [5.41, 5.74) is 2.14. The van der Waals surface area contributed by atoms with Crippen LogP contribution in [0.25, 0.3) is 12.2 Å². The number of benzene rings is 4. The van der Waals surface area contributed by atoms with Gasteiger partial charge in [-0.3, -0.25) is 24.1 Å². The highest BCUT2D eigenvalue weighted by Crippen LogP contribution is 2.64. The number of allylic oxidation sites excluding steroid dienone is 2. The molecular weight excluding hydrogens is 739 g/mol. The molecule has 0 bridgehead atoms. The summed E-state index contributed by atoms with van der Waals surface area (Å²) < 4.78 is 30.3. The monoisotopic (exact) mass is 776 g/mol. The molecule has 56 heavy (non-hydrogen) atoms. The van der Waals surface area contributed by atoms with Crippen LogP contribution in [-0.2, 0) is 19.2 Å². The van der Waals surface area contributed by atoms with Gasteiger partial charge in [0.15, 0.2) is 11.5 Å². The van der Waals surface area contributed by atoms with Gasteiger partial charge in [0.2, 0.25) is 23.6 Å². The van der Waals surface area contributed by atoms with Crippen molar-refractivity contribution in [2.45, 2.75) is 25.7 Å². The van der Waals surface area contributed by atoms with Gasteiger partial charge in [-0.25, -0.2) is 9.29 Å². The Morgan fingerprint density at radius 2 is 1.50 bits per heavy atom. The maximum absolute atomic E-state index is 14.6. The van der Waals surface area contributed by atoms with Crippen molar-refractivity contribution < 1.29 is 42.9 Å². The second-order valence-corrected chi connectivity index (χ2v) is 15.1. The predicted octanol–water partition coefficient (Wildman–Crippen LogP) is 7.82. The van der Waals surface area contributed by atoms with Crippen LogP contribution in [0.5, 0.6) is 23.0 Å². The number of methoxy groups -OCH3 is 3. The number of halogens is 2. The molecule has 2 aliphatic heterocycles. The SMILES string of the molecule is COc1ccc(OC)c(C=Cc2ccc(N3C(=O)C4CC=C5C(CC6C(=O)N(c7ccc(F)c(Cl)c7)C(=O)C6(C)C5c5ccc(OC)c(O)c5)C4C3=O)cc2)c1. The summed E-state index contributed by atoms with van der Waals surface area (Å²) in [6, 6.07) is 21.1. The second kappa shape index (κ2) is 14.0. The smallest absolute Gasteiger partial charge is 0.241 e. The number of aromatic hydroxyl groups is 1. The molecule has 2 aliphatic carbocycles. The Morgan fingerprint density at radius 1 is 0.786 bits per heavy atom. The van der Waals surface area contributed by atoms with E-state index in [-0.39, 0.29) is 46.9 Å². The van der Waals surface area contributed by atoms with Crippen molar-refractivity contribution >= 4 is 58.8 Å². The van der Waals surface area contributed by atoms with E-state index in [1.54, 1.807) is 45.4 Å². The molecule has 0 spiro atoms. The highest BCUT2D eigenvalue weighted by Gasteiger charge is 2.67. The van der Waals surface area contributed by atoms with Crippen LogP contribution in [0.15, 0.2) is 90.5 Å². The highest BCUT2D eigenvalue weighted by molar-refractivity contribution is 6.32. The zero-order valence-corrected chi connectivity index (χ0v) is 31.7. The van der Waals surface area contributed by atoms with Crippen LogP contribution >= 0.6 is 11.6 Å². The largest absolute Gasteiger partial charge is 0.504 e. The van der Waals surface area contributed by atoms with Gasteiger partial charge in [0, 0.05) is 11.5 Å². The number of carbonyl (C=O) groups is 4. The van der Waals surface area contributed by atoms with Gasteiger partial charge in [-0.15, -0.1) is 0 Å². The molecule has 4 aromatic rings. The fourth-order valence-electron chi connectivity index (χ4n) is 9.30. The minimum atomic E-state index is -1.36. The normalized spacial score (nSPS) is 25.6. The quantitative estimate of drug-likeness (QED) is 0.109. The number of anilines is 2. The number of rotatable bonds is 8. The molecule has 0 radical (unpaired) electrons. The summed E-state index contributed by atoms with van der Waals surface area (Å²) in [5, 5.41) is 10.7. The number of fused-ring (bicyclic) bond motifs is 4. The number of nitrogens with zero attached hydrogens (tertiary/aromatic N) is 2. The van der Waals surface area contributed by atoms with E-state index in [0.29, 0.717) is 22.7 Å². The average Bonchev–Trinajstić information content (AvgIpc) is 3.57. The van der Waals surface area contributed by atoms with Crippen molar-refractivity contribution in [3.8, 4) is 23.0 Å². The van der Waals surface area contributed by atoms with Crippen LogP contribution in [0.2, 0.25) is 5.02 Å². The topological polar surface area (TPSA) is 123 Å². The van der Waals surface area contributed by atoms with Gasteiger partial charge in [0.05, 0.1) is 60.9 Å². The number of ether oxygens (including phenoxy) is 3. The molecule has 4 amide bonds. The van der Waals surface area contributed by atoms with Crippen molar-refractivity contribution in [2.75, 3.05) is 31.1 Å². The molecule has 286 valence electrons. The molecule has 6 unspecified atom stereocenters. The second-order valence-electron chi connectivity index (χ2n) is 14.7. The molecule has 2 heterocycles. The van der Waals surface area contributed by atoms with Gasteiger partial charge < -0.3 is 19.3 Å². The summed E-state index contributed by atoms with van der Waals surface area (Å²) in [6.07, 6.45) is 6.09. The molecule has 12 heteroatoms. The van der Waals surface area contributed by atoms with Crippen LogP contribution in [0.1, 0.15) is 42.4 Å². The first kappa shape index (κ1) is 37.0. The summed E-state index contributed by atoms with van der Waals surface area (Å²) >= 11 is 6.11. The minimum Gasteiger partial charge on any atom is -0.504 e. The fraction of sp³-hybridized carbons (Fsp3) is 0.273. The molecular formula is C44H38ClFN2O8. The van der Waals surface area contributed by atoms with Gasteiger partial charge in [-0.05, 0) is 97.5 Å². The summed E-state index contributed by atoms with van der Waals surface area (Å²) in [4.78, 5) is 60.1. The Kier molecular flexibility index (Phi) is 9.23. The first-order chi connectivity index (χ1) is 26.9. The van der Waals surface area contributed by atoms with Crippen LogP contribution in [0.3, 0.4) is 0 Å². The Balaban J connectivity index is 1.14. The van der Waals surface area contributed by atoms with Crippen molar-refractivity contribution in [2.24, 2.45) is 29.1 Å².